The molecule has 4 rings (SSSR count). The normalized spacial score (nSPS) is 20.9. The maximum atomic E-state index is 12.5. The Balaban J connectivity index is 1.53. The molecular weight excluding hydrogens is 292 g/mol. The summed E-state index contributed by atoms with van der Waals surface area (Å²) in [7, 11) is 1.87. The molecule has 0 saturated carbocycles. The number of amides is 1. The Morgan fingerprint density at radius 1 is 1.43 bits per heavy atom. The number of carbonyl (C=O) groups excluding carboxylic acids is 1. The van der Waals surface area contributed by atoms with Crippen LogP contribution < -0.4 is 5.32 Å². The van der Waals surface area contributed by atoms with Gasteiger partial charge in [-0.15, -0.1) is 0 Å². The summed E-state index contributed by atoms with van der Waals surface area (Å²) < 4.78 is 7.53. The van der Waals surface area contributed by atoms with E-state index in [2.05, 4.69) is 15.4 Å². The molecule has 1 aliphatic heterocycles. The van der Waals surface area contributed by atoms with Gasteiger partial charge in [0, 0.05) is 42.7 Å². The fourth-order valence-corrected chi connectivity index (χ4v) is 3.09. The molecule has 0 bridgehead atoms. The molecular formula is C17H18N4O2. The first-order valence-corrected chi connectivity index (χ1v) is 7.69. The number of nitrogens with one attached hydrogen (secondary N) is 2. The van der Waals surface area contributed by atoms with Gasteiger partial charge in [0.15, 0.2) is 0 Å². The van der Waals surface area contributed by atoms with E-state index in [9.17, 15) is 4.79 Å². The van der Waals surface area contributed by atoms with Gasteiger partial charge in [0.2, 0.25) is 0 Å². The van der Waals surface area contributed by atoms with Gasteiger partial charge in [0.25, 0.3) is 5.91 Å². The van der Waals surface area contributed by atoms with Gasteiger partial charge in [-0.2, -0.15) is 5.10 Å². The van der Waals surface area contributed by atoms with E-state index in [0.717, 1.165) is 22.9 Å². The van der Waals surface area contributed by atoms with Crippen LogP contribution in [-0.2, 0) is 11.8 Å². The van der Waals surface area contributed by atoms with E-state index in [-0.39, 0.29) is 18.1 Å². The highest BCUT2D eigenvalue weighted by Gasteiger charge is 2.32. The minimum Gasteiger partial charge on any atom is -0.371 e. The Bertz CT molecular complexity index is 851. The fraction of sp³-hybridized carbons (Fsp3) is 0.294. The van der Waals surface area contributed by atoms with Crippen LogP contribution in [-0.4, -0.2) is 33.3 Å². The topological polar surface area (TPSA) is 71.9 Å². The van der Waals surface area contributed by atoms with Crippen LogP contribution in [0.3, 0.4) is 0 Å². The molecule has 1 amide bonds. The maximum Gasteiger partial charge on any atom is 0.251 e. The number of H-pyrrole nitrogens is 1. The van der Waals surface area contributed by atoms with Crippen molar-refractivity contribution in [1.82, 2.24) is 20.1 Å². The number of nitrogens with zero attached hydrogens (tertiary/aromatic N) is 2. The summed E-state index contributed by atoms with van der Waals surface area (Å²) in [5.74, 6) is -0.0779. The van der Waals surface area contributed by atoms with Crippen LogP contribution in [0, 0.1) is 0 Å². The molecule has 2 N–H and O–H groups in total. The minimum absolute atomic E-state index is 0.0361. The summed E-state index contributed by atoms with van der Waals surface area (Å²) >= 11 is 0. The number of hydrogen-bond acceptors (Lipinski definition) is 3. The molecule has 3 heterocycles. The summed E-state index contributed by atoms with van der Waals surface area (Å²) in [6.07, 6.45) is 6.26. The van der Waals surface area contributed by atoms with E-state index in [1.807, 2.05) is 43.7 Å². The fourth-order valence-electron chi connectivity index (χ4n) is 3.09. The first kappa shape index (κ1) is 14.0. The summed E-state index contributed by atoms with van der Waals surface area (Å²) in [6, 6.07) is 7.62. The summed E-state index contributed by atoms with van der Waals surface area (Å²) in [6.45, 7) is 0.639. The van der Waals surface area contributed by atoms with Crippen LogP contribution in [0.4, 0.5) is 0 Å². The molecule has 0 spiro atoms. The molecule has 1 fully saturated rings. The van der Waals surface area contributed by atoms with Gasteiger partial charge in [-0.3, -0.25) is 9.48 Å². The van der Waals surface area contributed by atoms with Crippen LogP contribution >= 0.6 is 0 Å². The van der Waals surface area contributed by atoms with Crippen LogP contribution in [0.2, 0.25) is 0 Å². The third kappa shape index (κ3) is 2.61. The van der Waals surface area contributed by atoms with Gasteiger partial charge < -0.3 is 15.0 Å². The van der Waals surface area contributed by atoms with Gasteiger partial charge in [-0.05, 0) is 30.0 Å². The molecule has 118 valence electrons. The van der Waals surface area contributed by atoms with Crippen molar-refractivity contribution in [2.75, 3.05) is 6.61 Å². The molecule has 2 atom stereocenters. The SMILES string of the molecule is Cn1cc([C@H]2OCC[C@@H]2NC(=O)c2ccc3cc[nH]c3c2)cn1. The van der Waals surface area contributed by atoms with Gasteiger partial charge >= 0.3 is 0 Å². The van der Waals surface area contributed by atoms with E-state index in [1.54, 1.807) is 10.9 Å². The predicted octanol–water partition coefficient (Wildman–Crippen LogP) is 2.16. The first-order valence-electron chi connectivity index (χ1n) is 7.69. The van der Waals surface area contributed by atoms with Crippen molar-refractivity contribution in [3.05, 3.63) is 54.0 Å². The quantitative estimate of drug-likeness (QED) is 0.778. The summed E-state index contributed by atoms with van der Waals surface area (Å²) in [5, 5.41) is 8.37. The van der Waals surface area contributed by atoms with Crippen molar-refractivity contribution in [1.29, 1.82) is 0 Å². The number of aryl methyl sites for hydroxylation is 1. The van der Waals surface area contributed by atoms with Crippen molar-refractivity contribution >= 4 is 16.8 Å². The second-order valence-electron chi connectivity index (χ2n) is 5.89. The van der Waals surface area contributed by atoms with Gasteiger partial charge in [0.05, 0.1) is 12.2 Å². The number of carbonyl (C=O) groups is 1. The molecule has 0 unspecified atom stereocenters. The number of fused-ring (bicyclic) bond motifs is 1. The number of hydrogen-bond donors (Lipinski definition) is 2. The summed E-state index contributed by atoms with van der Waals surface area (Å²) in [4.78, 5) is 15.7. The Hall–Kier alpha value is -2.60. The Morgan fingerprint density at radius 2 is 2.35 bits per heavy atom. The lowest BCUT2D eigenvalue weighted by molar-refractivity contribution is 0.0821. The first-order chi connectivity index (χ1) is 11.2. The van der Waals surface area contributed by atoms with Crippen molar-refractivity contribution < 1.29 is 9.53 Å². The third-order valence-electron chi connectivity index (χ3n) is 4.28. The summed E-state index contributed by atoms with van der Waals surface area (Å²) in [5.41, 5.74) is 2.61. The third-order valence-corrected chi connectivity index (χ3v) is 4.28. The average molecular weight is 310 g/mol. The molecule has 3 aromatic rings. The van der Waals surface area contributed by atoms with Crippen molar-refractivity contribution in [2.24, 2.45) is 7.05 Å². The number of aromatic amines is 1. The van der Waals surface area contributed by atoms with Crippen molar-refractivity contribution in [3.63, 3.8) is 0 Å². The van der Waals surface area contributed by atoms with Crippen molar-refractivity contribution in [3.8, 4) is 0 Å². The lowest BCUT2D eigenvalue weighted by Gasteiger charge is -2.18. The van der Waals surface area contributed by atoms with Gasteiger partial charge in [-0.25, -0.2) is 0 Å². The monoisotopic (exact) mass is 310 g/mol. The Kier molecular flexibility index (Phi) is 3.38. The molecule has 0 aliphatic carbocycles. The van der Waals surface area contributed by atoms with Crippen molar-refractivity contribution in [2.45, 2.75) is 18.6 Å². The van der Waals surface area contributed by atoms with E-state index in [4.69, 9.17) is 4.74 Å². The van der Waals surface area contributed by atoms with E-state index in [1.165, 1.54) is 0 Å². The van der Waals surface area contributed by atoms with Gasteiger partial charge in [0.1, 0.15) is 6.10 Å². The molecule has 2 aromatic heterocycles. The molecule has 1 aromatic carbocycles. The van der Waals surface area contributed by atoms with Crippen LogP contribution in [0.25, 0.3) is 10.9 Å². The highest BCUT2D eigenvalue weighted by atomic mass is 16.5. The van der Waals surface area contributed by atoms with E-state index < -0.39 is 0 Å². The molecule has 0 radical (unpaired) electrons. The molecule has 6 heteroatoms. The second kappa shape index (κ2) is 5.55. The van der Waals surface area contributed by atoms with Crippen LogP contribution in [0.5, 0.6) is 0 Å². The lowest BCUT2D eigenvalue weighted by atomic mass is 10.0. The lowest BCUT2D eigenvalue weighted by Crippen LogP contribution is -2.36. The number of benzene rings is 1. The maximum absolute atomic E-state index is 12.5. The number of ether oxygens (including phenoxy) is 1. The second-order valence-corrected chi connectivity index (χ2v) is 5.89. The largest absolute Gasteiger partial charge is 0.371 e. The highest BCUT2D eigenvalue weighted by Crippen LogP contribution is 2.29. The Labute approximate surface area is 133 Å². The molecule has 23 heavy (non-hydrogen) atoms. The van der Waals surface area contributed by atoms with E-state index in [0.29, 0.717) is 12.2 Å². The smallest absolute Gasteiger partial charge is 0.251 e. The number of rotatable bonds is 3. The average Bonchev–Trinajstić information content (AvgIpc) is 3.26. The molecule has 1 saturated heterocycles. The standard InChI is InChI=1S/C17H18N4O2/c1-21-10-13(9-19-21)16-14(5-7-23-16)20-17(22)12-3-2-11-4-6-18-15(11)8-12/h2-4,6,8-10,14,16,18H,5,7H2,1H3,(H,20,22)/t14-,16+/m0/s1. The van der Waals surface area contributed by atoms with Crippen LogP contribution in [0.1, 0.15) is 28.4 Å². The van der Waals surface area contributed by atoms with E-state index >= 15 is 0 Å². The molecule has 6 nitrogen and oxygen atoms in total. The zero-order valence-electron chi connectivity index (χ0n) is 12.8. The van der Waals surface area contributed by atoms with Gasteiger partial charge in [-0.1, -0.05) is 6.07 Å². The molecule has 1 aliphatic rings. The zero-order chi connectivity index (χ0) is 15.8. The number of aromatic nitrogens is 3. The predicted molar refractivity (Wildman–Crippen MR) is 86.1 cm³/mol. The van der Waals surface area contributed by atoms with Crippen LogP contribution in [0.15, 0.2) is 42.9 Å². The Morgan fingerprint density at radius 3 is 3.17 bits per heavy atom. The zero-order valence-corrected chi connectivity index (χ0v) is 12.8. The minimum atomic E-state index is -0.137. The highest BCUT2D eigenvalue weighted by molar-refractivity contribution is 5.98.